The second kappa shape index (κ2) is 6.03. The largest absolute Gasteiger partial charge is 0.388 e. The van der Waals surface area contributed by atoms with Crippen molar-refractivity contribution < 1.29 is 9.84 Å². The maximum absolute atomic E-state index is 9.74. The summed E-state index contributed by atoms with van der Waals surface area (Å²) < 4.78 is 5.44. The average Bonchev–Trinajstić information content (AvgIpc) is 2.67. The van der Waals surface area contributed by atoms with Crippen LogP contribution in [0.3, 0.4) is 0 Å². The van der Waals surface area contributed by atoms with Gasteiger partial charge in [-0.1, -0.05) is 19.1 Å². The molecule has 17 heavy (non-hydrogen) atoms. The van der Waals surface area contributed by atoms with Crippen LogP contribution in [0.5, 0.6) is 0 Å². The third-order valence-electron chi connectivity index (χ3n) is 3.25. The molecule has 0 aliphatic carbocycles. The summed E-state index contributed by atoms with van der Waals surface area (Å²) in [5.41, 5.74) is 2.23. The highest BCUT2D eigenvalue weighted by Crippen LogP contribution is 2.21. The number of aliphatic hydroxyl groups excluding tert-OH is 1. The highest BCUT2D eigenvalue weighted by Gasteiger charge is 2.10. The zero-order valence-corrected chi connectivity index (χ0v) is 10.4. The van der Waals surface area contributed by atoms with Crippen molar-refractivity contribution in [1.82, 2.24) is 0 Å². The first-order valence-corrected chi connectivity index (χ1v) is 6.42. The number of ether oxygens (including phenoxy) is 1. The summed E-state index contributed by atoms with van der Waals surface area (Å²) in [7, 11) is 0. The molecular weight excluding hydrogens is 214 g/mol. The first kappa shape index (κ1) is 12.4. The molecule has 94 valence electrons. The predicted octanol–water partition coefficient (Wildman–Crippen LogP) is 2.36. The van der Waals surface area contributed by atoms with E-state index in [-0.39, 0.29) is 6.10 Å². The highest BCUT2D eigenvalue weighted by molar-refractivity contribution is 5.48. The van der Waals surface area contributed by atoms with E-state index in [9.17, 15) is 5.11 Å². The lowest BCUT2D eigenvalue weighted by Crippen LogP contribution is -2.25. The fourth-order valence-corrected chi connectivity index (χ4v) is 2.15. The molecule has 0 amide bonds. The van der Waals surface area contributed by atoms with Crippen LogP contribution >= 0.6 is 0 Å². The maximum atomic E-state index is 9.74. The summed E-state index contributed by atoms with van der Waals surface area (Å²) in [6, 6.07) is 8.24. The molecule has 1 heterocycles. The lowest BCUT2D eigenvalue weighted by Gasteiger charge is -2.22. The average molecular weight is 235 g/mol. The Morgan fingerprint density at radius 3 is 2.71 bits per heavy atom. The molecule has 1 atom stereocenters. The predicted molar refractivity (Wildman–Crippen MR) is 69.3 cm³/mol. The molecule has 1 aromatic carbocycles. The van der Waals surface area contributed by atoms with Crippen LogP contribution in [-0.4, -0.2) is 31.4 Å². The van der Waals surface area contributed by atoms with Crippen LogP contribution in [0.1, 0.15) is 31.4 Å². The van der Waals surface area contributed by atoms with E-state index < -0.39 is 0 Å². The standard InChI is InChI=1S/C14H21NO2/c1-2-14(16)12-4-6-13(7-5-12)15-8-3-10-17-11-9-15/h4-7,14,16H,2-3,8-11H2,1H3/t14-/m1/s1. The van der Waals surface area contributed by atoms with Crippen molar-refractivity contribution >= 4 is 5.69 Å². The van der Waals surface area contributed by atoms with Crippen LogP contribution in [0.4, 0.5) is 5.69 Å². The van der Waals surface area contributed by atoms with Crippen molar-refractivity contribution in [2.75, 3.05) is 31.2 Å². The molecule has 1 fully saturated rings. The Hall–Kier alpha value is -1.06. The summed E-state index contributed by atoms with van der Waals surface area (Å²) in [6.07, 6.45) is 1.51. The zero-order chi connectivity index (χ0) is 12.1. The molecule has 0 spiro atoms. The van der Waals surface area contributed by atoms with Gasteiger partial charge in [0.2, 0.25) is 0 Å². The number of hydrogen-bond acceptors (Lipinski definition) is 3. The van der Waals surface area contributed by atoms with Crippen LogP contribution in [0.2, 0.25) is 0 Å². The van der Waals surface area contributed by atoms with E-state index in [2.05, 4.69) is 17.0 Å². The van der Waals surface area contributed by atoms with Crippen molar-refractivity contribution in [1.29, 1.82) is 0 Å². The van der Waals surface area contributed by atoms with Crippen molar-refractivity contribution in [2.24, 2.45) is 0 Å². The fraction of sp³-hybridized carbons (Fsp3) is 0.571. The van der Waals surface area contributed by atoms with E-state index >= 15 is 0 Å². The van der Waals surface area contributed by atoms with Gasteiger partial charge in [-0.05, 0) is 30.5 Å². The monoisotopic (exact) mass is 235 g/mol. The van der Waals surface area contributed by atoms with Gasteiger partial charge in [-0.2, -0.15) is 0 Å². The fourth-order valence-electron chi connectivity index (χ4n) is 2.15. The minimum Gasteiger partial charge on any atom is -0.388 e. The molecule has 0 aromatic heterocycles. The van der Waals surface area contributed by atoms with Crippen molar-refractivity contribution in [3.8, 4) is 0 Å². The highest BCUT2D eigenvalue weighted by atomic mass is 16.5. The van der Waals surface area contributed by atoms with Crippen molar-refractivity contribution in [3.63, 3.8) is 0 Å². The Labute approximate surface area is 103 Å². The van der Waals surface area contributed by atoms with Gasteiger partial charge in [0.25, 0.3) is 0 Å². The molecule has 1 aliphatic heterocycles. The van der Waals surface area contributed by atoms with E-state index in [1.807, 2.05) is 19.1 Å². The number of aliphatic hydroxyl groups is 1. The summed E-state index contributed by atoms with van der Waals surface area (Å²) in [5, 5.41) is 9.74. The molecule has 0 radical (unpaired) electrons. The van der Waals surface area contributed by atoms with E-state index in [1.54, 1.807) is 0 Å². The molecular formula is C14H21NO2. The Bertz CT molecular complexity index is 329. The first-order chi connectivity index (χ1) is 8.31. The third-order valence-corrected chi connectivity index (χ3v) is 3.25. The van der Waals surface area contributed by atoms with E-state index in [0.29, 0.717) is 0 Å². The molecule has 0 unspecified atom stereocenters. The normalized spacial score (nSPS) is 18.8. The zero-order valence-electron chi connectivity index (χ0n) is 10.4. The van der Waals surface area contributed by atoms with E-state index in [4.69, 9.17) is 4.74 Å². The summed E-state index contributed by atoms with van der Waals surface area (Å²) in [4.78, 5) is 2.34. The molecule has 1 N–H and O–H groups in total. The Morgan fingerprint density at radius 2 is 2.00 bits per heavy atom. The van der Waals surface area contributed by atoms with Gasteiger partial charge in [0, 0.05) is 25.4 Å². The first-order valence-electron chi connectivity index (χ1n) is 6.42. The topological polar surface area (TPSA) is 32.7 Å². The molecule has 3 nitrogen and oxygen atoms in total. The smallest absolute Gasteiger partial charge is 0.0787 e. The Morgan fingerprint density at radius 1 is 1.24 bits per heavy atom. The molecule has 0 saturated carbocycles. The van der Waals surface area contributed by atoms with Gasteiger partial charge in [-0.15, -0.1) is 0 Å². The van der Waals surface area contributed by atoms with Crippen molar-refractivity contribution in [2.45, 2.75) is 25.9 Å². The van der Waals surface area contributed by atoms with Gasteiger partial charge in [-0.3, -0.25) is 0 Å². The molecule has 1 aliphatic rings. The number of anilines is 1. The minimum absolute atomic E-state index is 0.337. The van der Waals surface area contributed by atoms with Crippen LogP contribution in [0.25, 0.3) is 0 Å². The summed E-state index contributed by atoms with van der Waals surface area (Å²) >= 11 is 0. The van der Waals surface area contributed by atoms with Gasteiger partial charge in [0.1, 0.15) is 0 Å². The van der Waals surface area contributed by atoms with Gasteiger partial charge < -0.3 is 14.7 Å². The minimum atomic E-state index is -0.337. The van der Waals surface area contributed by atoms with Gasteiger partial charge in [0.15, 0.2) is 0 Å². The van der Waals surface area contributed by atoms with Crippen molar-refractivity contribution in [3.05, 3.63) is 29.8 Å². The number of rotatable bonds is 3. The summed E-state index contributed by atoms with van der Waals surface area (Å²) in [5.74, 6) is 0. The lowest BCUT2D eigenvalue weighted by molar-refractivity contribution is 0.152. The second-order valence-electron chi connectivity index (χ2n) is 4.47. The van der Waals surface area contributed by atoms with Gasteiger partial charge in [-0.25, -0.2) is 0 Å². The van der Waals surface area contributed by atoms with E-state index in [1.165, 1.54) is 5.69 Å². The number of hydrogen-bond donors (Lipinski definition) is 1. The van der Waals surface area contributed by atoms with Crippen LogP contribution in [0, 0.1) is 0 Å². The third kappa shape index (κ3) is 3.20. The summed E-state index contributed by atoms with van der Waals surface area (Å²) in [6.45, 7) is 5.67. The maximum Gasteiger partial charge on any atom is 0.0787 e. The number of nitrogens with zero attached hydrogens (tertiary/aromatic N) is 1. The SMILES string of the molecule is CC[C@@H](O)c1ccc(N2CCCOCC2)cc1. The molecule has 3 heteroatoms. The van der Waals surface area contributed by atoms with Crippen LogP contribution in [0.15, 0.2) is 24.3 Å². The Balaban J connectivity index is 2.05. The quantitative estimate of drug-likeness (QED) is 0.873. The molecule has 1 aromatic rings. The van der Waals surface area contributed by atoms with Gasteiger partial charge in [0.05, 0.1) is 12.7 Å². The van der Waals surface area contributed by atoms with Gasteiger partial charge >= 0.3 is 0 Å². The molecule has 2 rings (SSSR count). The molecule has 0 bridgehead atoms. The van der Waals surface area contributed by atoms with Crippen LogP contribution in [-0.2, 0) is 4.74 Å². The number of benzene rings is 1. The Kier molecular flexibility index (Phi) is 4.40. The molecule has 1 saturated heterocycles. The second-order valence-corrected chi connectivity index (χ2v) is 4.47. The lowest BCUT2D eigenvalue weighted by atomic mass is 10.1. The van der Waals surface area contributed by atoms with E-state index in [0.717, 1.165) is 44.7 Å². The van der Waals surface area contributed by atoms with Crippen LogP contribution < -0.4 is 4.90 Å².